The lowest BCUT2D eigenvalue weighted by Crippen LogP contribution is -2.38. The summed E-state index contributed by atoms with van der Waals surface area (Å²) in [7, 11) is -1.41. The lowest BCUT2D eigenvalue weighted by molar-refractivity contribution is 0.210. The van der Waals surface area contributed by atoms with Crippen LogP contribution in [0.15, 0.2) is 84.9 Å². The molecule has 4 aromatic carbocycles. The van der Waals surface area contributed by atoms with E-state index in [4.69, 9.17) is 18.5 Å². The summed E-state index contributed by atoms with van der Waals surface area (Å²) in [6.45, 7) is 9.17. The van der Waals surface area contributed by atoms with Crippen LogP contribution in [0.3, 0.4) is 0 Å². The van der Waals surface area contributed by atoms with Gasteiger partial charge in [-0.1, -0.05) is 54.6 Å². The minimum absolute atomic E-state index is 0.244. The van der Waals surface area contributed by atoms with Gasteiger partial charge in [-0.25, -0.2) is 4.67 Å². The molecule has 3 heterocycles. The van der Waals surface area contributed by atoms with Crippen LogP contribution in [0.4, 0.5) is 0 Å². The number of ether oxygens (including phenoxy) is 2. The predicted octanol–water partition coefficient (Wildman–Crippen LogP) is 8.54. The maximum Gasteiger partial charge on any atom is 0.321 e. The highest BCUT2D eigenvalue weighted by Gasteiger charge is 2.54. The molecule has 38 heavy (non-hydrogen) atoms. The van der Waals surface area contributed by atoms with Crippen LogP contribution in [0.2, 0.25) is 0 Å². The van der Waals surface area contributed by atoms with Crippen molar-refractivity contribution in [3.8, 4) is 28.7 Å². The minimum Gasteiger partial charge on any atom is -0.457 e. The van der Waals surface area contributed by atoms with Gasteiger partial charge in [0.15, 0.2) is 0 Å². The number of benzene rings is 4. The molecule has 0 fully saturated rings. The van der Waals surface area contributed by atoms with Crippen molar-refractivity contribution in [3.63, 3.8) is 0 Å². The molecule has 0 N–H and O–H groups in total. The first-order chi connectivity index (χ1) is 18.5. The van der Waals surface area contributed by atoms with Gasteiger partial charge in [0.05, 0.1) is 17.6 Å². The van der Waals surface area contributed by atoms with Gasteiger partial charge < -0.3 is 18.5 Å². The third-order valence-corrected chi connectivity index (χ3v) is 9.63. The van der Waals surface area contributed by atoms with Gasteiger partial charge in [0.25, 0.3) is 0 Å². The molecule has 0 radical (unpaired) electrons. The third-order valence-electron chi connectivity index (χ3n) is 7.63. The topological polar surface area (TPSA) is 40.2 Å². The fourth-order valence-corrected chi connectivity index (χ4v) is 7.95. The average molecular weight is 524 g/mol. The molecule has 192 valence electrons. The zero-order valence-electron chi connectivity index (χ0n) is 22.0. The zero-order valence-corrected chi connectivity index (χ0v) is 22.9. The molecule has 4 aromatic rings. The number of fused-ring (bicyclic) bond motifs is 2. The third kappa shape index (κ3) is 3.29. The van der Waals surface area contributed by atoms with Crippen molar-refractivity contribution in [2.75, 3.05) is 0 Å². The van der Waals surface area contributed by atoms with Crippen molar-refractivity contribution in [1.82, 2.24) is 4.67 Å². The Morgan fingerprint density at radius 1 is 0.632 bits per heavy atom. The molecule has 3 aliphatic rings. The van der Waals surface area contributed by atoms with E-state index in [2.05, 4.69) is 93.0 Å². The summed E-state index contributed by atoms with van der Waals surface area (Å²) in [5, 5.41) is 0. The van der Waals surface area contributed by atoms with Gasteiger partial charge in [0.2, 0.25) is 0 Å². The molecule has 1 spiro atoms. The molecule has 1 unspecified atom stereocenters. The summed E-state index contributed by atoms with van der Waals surface area (Å²) in [5.74, 6) is 4.06. The van der Waals surface area contributed by atoms with Crippen LogP contribution < -0.4 is 14.0 Å². The van der Waals surface area contributed by atoms with E-state index in [0.717, 1.165) is 56.6 Å². The monoisotopic (exact) mass is 523 g/mol. The molecule has 6 heteroatoms. The first kappa shape index (κ1) is 23.7. The summed E-state index contributed by atoms with van der Waals surface area (Å²) < 4.78 is 29.2. The van der Waals surface area contributed by atoms with Crippen LogP contribution in [0.5, 0.6) is 28.7 Å². The Bertz CT molecular complexity index is 1500. The smallest absolute Gasteiger partial charge is 0.321 e. The van der Waals surface area contributed by atoms with E-state index < -0.39 is 13.9 Å². The first-order valence-electron chi connectivity index (χ1n) is 13.2. The maximum absolute atomic E-state index is 6.95. The SMILES string of the molecule is CC(C)N(C(C)C)P1OCc2cccc3c2[C@]2(c4ccccc4O3)c3ccccc3Oc3cccc(c32)O1. The molecule has 0 bridgehead atoms. The predicted molar refractivity (Wildman–Crippen MR) is 149 cm³/mol. The van der Waals surface area contributed by atoms with E-state index in [1.54, 1.807) is 0 Å². The van der Waals surface area contributed by atoms with Gasteiger partial charge in [0.1, 0.15) is 28.7 Å². The van der Waals surface area contributed by atoms with Gasteiger partial charge in [-0.3, -0.25) is 0 Å². The van der Waals surface area contributed by atoms with Crippen molar-refractivity contribution in [2.45, 2.75) is 51.8 Å². The second-order valence-electron chi connectivity index (χ2n) is 10.5. The van der Waals surface area contributed by atoms with Crippen LogP contribution in [0, 0.1) is 0 Å². The number of para-hydroxylation sites is 2. The summed E-state index contributed by atoms with van der Waals surface area (Å²) in [5.41, 5.74) is 4.61. The van der Waals surface area contributed by atoms with E-state index in [0.29, 0.717) is 6.61 Å². The maximum atomic E-state index is 6.95. The van der Waals surface area contributed by atoms with E-state index in [9.17, 15) is 0 Å². The molecule has 5 nitrogen and oxygen atoms in total. The number of hydrogen-bond acceptors (Lipinski definition) is 5. The molecule has 0 amide bonds. The van der Waals surface area contributed by atoms with Crippen molar-refractivity contribution in [3.05, 3.63) is 113 Å². The molecule has 3 aliphatic heterocycles. The Balaban J connectivity index is 1.62. The molecule has 0 saturated carbocycles. The average Bonchev–Trinajstić information content (AvgIpc) is 2.96. The summed E-state index contributed by atoms with van der Waals surface area (Å²) >= 11 is 0. The highest BCUT2D eigenvalue weighted by atomic mass is 31.2. The quantitative estimate of drug-likeness (QED) is 0.217. The lowest BCUT2D eigenvalue weighted by atomic mass is 9.61. The van der Waals surface area contributed by atoms with Gasteiger partial charge in [-0.15, -0.1) is 0 Å². The van der Waals surface area contributed by atoms with E-state index in [1.807, 2.05) is 24.3 Å². The normalized spacial score (nSPS) is 20.6. The van der Waals surface area contributed by atoms with Crippen LogP contribution in [-0.2, 0) is 16.5 Å². The molecule has 0 saturated heterocycles. The fraction of sp³-hybridized carbons (Fsp3) is 0.250. The molecule has 0 aliphatic carbocycles. The second kappa shape index (κ2) is 8.84. The lowest BCUT2D eigenvalue weighted by Gasteiger charge is -2.45. The summed E-state index contributed by atoms with van der Waals surface area (Å²) in [6, 6.07) is 29.6. The van der Waals surface area contributed by atoms with Crippen molar-refractivity contribution in [2.24, 2.45) is 0 Å². The van der Waals surface area contributed by atoms with Gasteiger partial charge in [-0.05, 0) is 63.6 Å². The largest absolute Gasteiger partial charge is 0.457 e. The van der Waals surface area contributed by atoms with Crippen molar-refractivity contribution < 1.29 is 18.5 Å². The second-order valence-corrected chi connectivity index (χ2v) is 11.9. The molecular formula is C32H30NO4P. The number of nitrogens with zero attached hydrogens (tertiary/aromatic N) is 1. The Morgan fingerprint density at radius 2 is 1.16 bits per heavy atom. The molecular weight excluding hydrogens is 493 g/mol. The van der Waals surface area contributed by atoms with Crippen molar-refractivity contribution in [1.29, 1.82) is 0 Å². The molecule has 7 rings (SSSR count). The van der Waals surface area contributed by atoms with E-state index in [1.165, 1.54) is 0 Å². The summed E-state index contributed by atoms with van der Waals surface area (Å²) in [4.78, 5) is 0. The Kier molecular flexibility index (Phi) is 5.52. The fourth-order valence-electron chi connectivity index (χ4n) is 6.35. The minimum atomic E-state index is -1.41. The Labute approximate surface area is 224 Å². The van der Waals surface area contributed by atoms with Crippen LogP contribution >= 0.6 is 8.53 Å². The zero-order chi connectivity index (χ0) is 26.0. The highest BCUT2D eigenvalue weighted by Crippen LogP contribution is 2.65. The van der Waals surface area contributed by atoms with Gasteiger partial charge in [-0.2, -0.15) is 0 Å². The van der Waals surface area contributed by atoms with Crippen LogP contribution in [-0.4, -0.2) is 16.8 Å². The van der Waals surface area contributed by atoms with Crippen molar-refractivity contribution >= 4 is 8.53 Å². The Morgan fingerprint density at radius 3 is 1.79 bits per heavy atom. The van der Waals surface area contributed by atoms with E-state index in [-0.39, 0.29) is 12.1 Å². The van der Waals surface area contributed by atoms with Crippen LogP contribution in [0.1, 0.15) is 55.5 Å². The summed E-state index contributed by atoms with van der Waals surface area (Å²) in [6.07, 6.45) is 0. The highest BCUT2D eigenvalue weighted by molar-refractivity contribution is 7.45. The van der Waals surface area contributed by atoms with Gasteiger partial charge >= 0.3 is 8.53 Å². The van der Waals surface area contributed by atoms with E-state index >= 15 is 0 Å². The Hall–Kier alpha value is -3.37. The first-order valence-corrected chi connectivity index (χ1v) is 14.3. The van der Waals surface area contributed by atoms with Crippen LogP contribution in [0.25, 0.3) is 0 Å². The molecule has 2 atom stereocenters. The van der Waals surface area contributed by atoms with Gasteiger partial charge in [0, 0.05) is 28.8 Å². The molecule has 0 aromatic heterocycles. The number of hydrogen-bond donors (Lipinski definition) is 0. The number of rotatable bonds is 3. The standard InChI is InChI=1S/C32H30NO4P/c1-20(2)33(21(3)4)38-34-19-22-11-9-16-27-30(22)32(23-12-5-7-14-25(23)35-27)24-13-6-8-15-26(24)36-28-17-10-18-29(37-38)31(28)32/h5-18,20-21H,19H2,1-4H3/t32-,38?/m0/s1.